The van der Waals surface area contributed by atoms with Crippen molar-refractivity contribution in [2.45, 2.75) is 31.7 Å². The third kappa shape index (κ3) is 3.62. The van der Waals surface area contributed by atoms with E-state index in [9.17, 15) is 9.59 Å². The van der Waals surface area contributed by atoms with Crippen LogP contribution in [0, 0.1) is 5.92 Å². The zero-order chi connectivity index (χ0) is 17.2. The van der Waals surface area contributed by atoms with E-state index < -0.39 is 5.54 Å². The van der Waals surface area contributed by atoms with E-state index in [4.69, 9.17) is 0 Å². The number of aromatic nitrogens is 1. The van der Waals surface area contributed by atoms with E-state index in [1.54, 1.807) is 26.2 Å². The number of pyridine rings is 1. The molecule has 5 nitrogen and oxygen atoms in total. The average molecular weight is 323 g/mol. The van der Waals surface area contributed by atoms with Gasteiger partial charge in [0.25, 0.3) is 0 Å². The molecule has 0 radical (unpaired) electrons. The standard InChI is InChI=1S/C19H21N3O2/c1-19(2,18(24)21-14-8-4-3-5-9-14)22-17(23)16-11-15(16)13-7-6-10-20-12-13/h3-10,12,15-16H,11H2,1-2H3,(H,21,24)(H,22,23)/t15-,16-/m1/s1. The lowest BCUT2D eigenvalue weighted by Gasteiger charge is -2.25. The largest absolute Gasteiger partial charge is 0.342 e. The highest BCUT2D eigenvalue weighted by atomic mass is 16.2. The lowest BCUT2D eigenvalue weighted by atomic mass is 10.0. The van der Waals surface area contributed by atoms with E-state index in [0.29, 0.717) is 5.69 Å². The van der Waals surface area contributed by atoms with Gasteiger partial charge in [0.2, 0.25) is 11.8 Å². The number of nitrogens with zero attached hydrogens (tertiary/aromatic N) is 1. The molecular formula is C19H21N3O2. The van der Waals surface area contributed by atoms with Crippen molar-refractivity contribution in [1.82, 2.24) is 10.3 Å². The van der Waals surface area contributed by atoms with Gasteiger partial charge < -0.3 is 10.6 Å². The van der Waals surface area contributed by atoms with E-state index >= 15 is 0 Å². The first-order valence-electron chi connectivity index (χ1n) is 8.06. The van der Waals surface area contributed by atoms with Gasteiger partial charge in [-0.25, -0.2) is 0 Å². The molecule has 1 heterocycles. The summed E-state index contributed by atoms with van der Waals surface area (Å²) >= 11 is 0. The Hall–Kier alpha value is -2.69. The second-order valence-corrected chi connectivity index (χ2v) is 6.67. The van der Waals surface area contributed by atoms with Crippen molar-refractivity contribution in [2.24, 2.45) is 5.92 Å². The quantitative estimate of drug-likeness (QED) is 0.889. The van der Waals surface area contributed by atoms with Crippen molar-refractivity contribution in [3.05, 3.63) is 60.4 Å². The first-order valence-corrected chi connectivity index (χ1v) is 8.06. The van der Waals surface area contributed by atoms with E-state index in [1.165, 1.54) is 0 Å². The third-order valence-corrected chi connectivity index (χ3v) is 4.27. The Bertz CT molecular complexity index is 729. The molecule has 1 aliphatic carbocycles. The van der Waals surface area contributed by atoms with Gasteiger partial charge in [0.05, 0.1) is 0 Å². The van der Waals surface area contributed by atoms with Crippen LogP contribution in [0.25, 0.3) is 0 Å². The Morgan fingerprint density at radius 3 is 2.54 bits per heavy atom. The molecule has 24 heavy (non-hydrogen) atoms. The van der Waals surface area contributed by atoms with Crippen LogP contribution >= 0.6 is 0 Å². The summed E-state index contributed by atoms with van der Waals surface area (Å²) in [6.45, 7) is 3.43. The lowest BCUT2D eigenvalue weighted by molar-refractivity contribution is -0.130. The molecule has 0 spiro atoms. The molecule has 1 aromatic carbocycles. The summed E-state index contributed by atoms with van der Waals surface area (Å²) in [4.78, 5) is 29.0. The number of carbonyl (C=O) groups is 2. The third-order valence-electron chi connectivity index (χ3n) is 4.27. The van der Waals surface area contributed by atoms with Gasteiger partial charge >= 0.3 is 0 Å². The Morgan fingerprint density at radius 1 is 1.12 bits per heavy atom. The number of nitrogens with one attached hydrogen (secondary N) is 2. The molecule has 5 heteroatoms. The Kier molecular flexibility index (Phi) is 4.34. The fraction of sp³-hybridized carbons (Fsp3) is 0.316. The molecule has 2 N–H and O–H groups in total. The van der Waals surface area contributed by atoms with Gasteiger partial charge in [-0.15, -0.1) is 0 Å². The van der Waals surface area contributed by atoms with Gasteiger partial charge in [0.15, 0.2) is 0 Å². The van der Waals surface area contributed by atoms with E-state index in [1.807, 2.05) is 42.5 Å². The minimum absolute atomic E-state index is 0.0852. The van der Waals surface area contributed by atoms with Gasteiger partial charge in [-0.1, -0.05) is 24.3 Å². The van der Waals surface area contributed by atoms with Crippen LogP contribution in [0.4, 0.5) is 5.69 Å². The van der Waals surface area contributed by atoms with E-state index in [0.717, 1.165) is 12.0 Å². The van der Waals surface area contributed by atoms with Crippen LogP contribution in [0.15, 0.2) is 54.9 Å². The number of para-hydroxylation sites is 1. The fourth-order valence-electron chi connectivity index (χ4n) is 2.71. The van der Waals surface area contributed by atoms with Crippen LogP contribution in [0.5, 0.6) is 0 Å². The fourth-order valence-corrected chi connectivity index (χ4v) is 2.71. The number of rotatable bonds is 5. The maximum atomic E-state index is 12.5. The Balaban J connectivity index is 1.58. The van der Waals surface area contributed by atoms with Crippen molar-refractivity contribution in [2.75, 3.05) is 5.32 Å². The molecule has 2 amide bonds. The van der Waals surface area contributed by atoms with Crippen LogP contribution in [0.3, 0.4) is 0 Å². The van der Waals surface area contributed by atoms with Crippen LogP contribution in [-0.2, 0) is 9.59 Å². The first kappa shape index (κ1) is 16.2. The number of amides is 2. The summed E-state index contributed by atoms with van der Waals surface area (Å²) in [6.07, 6.45) is 4.32. The number of carbonyl (C=O) groups excluding carboxylic acids is 2. The van der Waals surface area contributed by atoms with E-state index in [-0.39, 0.29) is 23.7 Å². The second kappa shape index (κ2) is 6.43. The number of anilines is 1. The molecular weight excluding hydrogens is 302 g/mol. The van der Waals surface area contributed by atoms with Gasteiger partial charge in [-0.05, 0) is 49.9 Å². The van der Waals surface area contributed by atoms with Crippen molar-refractivity contribution >= 4 is 17.5 Å². The predicted molar refractivity (Wildman–Crippen MR) is 92.4 cm³/mol. The second-order valence-electron chi connectivity index (χ2n) is 6.67. The molecule has 3 rings (SSSR count). The zero-order valence-electron chi connectivity index (χ0n) is 13.8. The summed E-state index contributed by atoms with van der Waals surface area (Å²) in [7, 11) is 0. The molecule has 1 aliphatic rings. The molecule has 0 aliphatic heterocycles. The molecule has 1 aromatic heterocycles. The summed E-state index contributed by atoms with van der Waals surface area (Å²) in [5.41, 5.74) is 0.809. The van der Waals surface area contributed by atoms with Crippen LogP contribution in [0.2, 0.25) is 0 Å². The van der Waals surface area contributed by atoms with Crippen LogP contribution < -0.4 is 10.6 Å². The van der Waals surface area contributed by atoms with Gasteiger partial charge in [-0.2, -0.15) is 0 Å². The lowest BCUT2D eigenvalue weighted by Crippen LogP contribution is -2.52. The Morgan fingerprint density at radius 2 is 1.88 bits per heavy atom. The van der Waals surface area contributed by atoms with E-state index in [2.05, 4.69) is 15.6 Å². The van der Waals surface area contributed by atoms with Crippen LogP contribution in [-0.4, -0.2) is 22.3 Å². The smallest absolute Gasteiger partial charge is 0.249 e. The van der Waals surface area contributed by atoms with Gasteiger partial charge in [0, 0.05) is 24.0 Å². The predicted octanol–water partition coefficient (Wildman–Crippen LogP) is 2.72. The molecule has 124 valence electrons. The summed E-state index contributed by atoms with van der Waals surface area (Å²) in [5.74, 6) is -0.206. The normalized spacial score (nSPS) is 19.4. The van der Waals surface area contributed by atoms with Gasteiger partial charge in [0.1, 0.15) is 5.54 Å². The minimum Gasteiger partial charge on any atom is -0.342 e. The minimum atomic E-state index is -0.977. The van der Waals surface area contributed by atoms with Crippen molar-refractivity contribution in [3.8, 4) is 0 Å². The highest BCUT2D eigenvalue weighted by Crippen LogP contribution is 2.47. The molecule has 2 atom stereocenters. The SMILES string of the molecule is CC(C)(NC(=O)[C@@H]1C[C@@H]1c1cccnc1)C(=O)Nc1ccccc1. The summed E-state index contributed by atoms with van der Waals surface area (Å²) in [6, 6.07) is 13.1. The van der Waals surface area contributed by atoms with Crippen molar-refractivity contribution in [3.63, 3.8) is 0 Å². The average Bonchev–Trinajstić information content (AvgIpc) is 3.37. The zero-order valence-corrected chi connectivity index (χ0v) is 13.8. The number of hydrogen-bond acceptors (Lipinski definition) is 3. The molecule has 0 saturated heterocycles. The summed E-state index contributed by atoms with van der Waals surface area (Å²) in [5, 5.41) is 5.69. The first-order chi connectivity index (χ1) is 11.5. The molecule has 0 bridgehead atoms. The maximum absolute atomic E-state index is 12.5. The van der Waals surface area contributed by atoms with Crippen LogP contribution in [0.1, 0.15) is 31.7 Å². The molecule has 1 saturated carbocycles. The van der Waals surface area contributed by atoms with Crippen molar-refractivity contribution < 1.29 is 9.59 Å². The Labute approximate surface area is 141 Å². The number of hydrogen-bond donors (Lipinski definition) is 2. The molecule has 2 aromatic rings. The number of benzene rings is 1. The maximum Gasteiger partial charge on any atom is 0.249 e. The highest BCUT2D eigenvalue weighted by Gasteiger charge is 2.46. The van der Waals surface area contributed by atoms with Crippen molar-refractivity contribution in [1.29, 1.82) is 0 Å². The molecule has 1 fully saturated rings. The van der Waals surface area contributed by atoms with Gasteiger partial charge in [-0.3, -0.25) is 14.6 Å². The topological polar surface area (TPSA) is 71.1 Å². The summed E-state index contributed by atoms with van der Waals surface area (Å²) < 4.78 is 0. The molecule has 0 unspecified atom stereocenters. The highest BCUT2D eigenvalue weighted by molar-refractivity contribution is 6.00. The monoisotopic (exact) mass is 323 g/mol.